The molecule has 0 fully saturated rings. The van der Waals surface area contributed by atoms with Gasteiger partial charge in [-0.15, -0.1) is 0 Å². The van der Waals surface area contributed by atoms with E-state index in [1.165, 1.54) is 0 Å². The van der Waals surface area contributed by atoms with Crippen LogP contribution in [-0.2, 0) is 4.74 Å². The Bertz CT molecular complexity index is 534. The van der Waals surface area contributed by atoms with Crippen LogP contribution in [0.1, 0.15) is 22.8 Å². The molecule has 0 N–H and O–H groups in total. The van der Waals surface area contributed by atoms with E-state index in [4.69, 9.17) is 4.74 Å². The average Bonchev–Trinajstić information content (AvgIpc) is 2.28. The van der Waals surface area contributed by atoms with Crippen LogP contribution >= 0.6 is 0 Å². The van der Waals surface area contributed by atoms with E-state index >= 15 is 0 Å². The van der Waals surface area contributed by atoms with Crippen LogP contribution < -0.4 is 0 Å². The zero-order valence-corrected chi connectivity index (χ0v) is 9.36. The lowest BCUT2D eigenvalue weighted by molar-refractivity contribution is 0.0526. The fourth-order valence-corrected chi connectivity index (χ4v) is 1.58. The Labute approximate surface area is 94.1 Å². The van der Waals surface area contributed by atoms with Gasteiger partial charge in [-0.1, -0.05) is 11.6 Å². The van der Waals surface area contributed by atoms with E-state index in [-0.39, 0.29) is 5.97 Å². The van der Waals surface area contributed by atoms with E-state index in [1.807, 2.05) is 31.2 Å². The van der Waals surface area contributed by atoms with E-state index in [9.17, 15) is 4.79 Å². The Morgan fingerprint density at radius 2 is 2.19 bits per heavy atom. The number of aryl methyl sites for hydroxylation is 1. The van der Waals surface area contributed by atoms with Gasteiger partial charge >= 0.3 is 5.97 Å². The first-order valence-corrected chi connectivity index (χ1v) is 5.24. The van der Waals surface area contributed by atoms with Gasteiger partial charge in [-0.05, 0) is 32.0 Å². The lowest BCUT2D eigenvalue weighted by Crippen LogP contribution is -2.04. The molecule has 3 nitrogen and oxygen atoms in total. The number of nitrogens with zero attached hydrogens (tertiary/aromatic N) is 1. The van der Waals surface area contributed by atoms with Crippen molar-refractivity contribution < 1.29 is 9.53 Å². The monoisotopic (exact) mass is 215 g/mol. The third-order valence-electron chi connectivity index (χ3n) is 2.35. The van der Waals surface area contributed by atoms with Crippen LogP contribution in [0.5, 0.6) is 0 Å². The van der Waals surface area contributed by atoms with Gasteiger partial charge < -0.3 is 4.74 Å². The minimum atomic E-state index is -0.321. The second-order valence-electron chi connectivity index (χ2n) is 3.64. The molecule has 1 heterocycles. The highest BCUT2D eigenvalue weighted by Crippen LogP contribution is 2.15. The van der Waals surface area contributed by atoms with Crippen LogP contribution in [-0.4, -0.2) is 17.6 Å². The number of carbonyl (C=O) groups excluding carboxylic acids is 1. The van der Waals surface area contributed by atoms with Gasteiger partial charge in [0.15, 0.2) is 0 Å². The Kier molecular flexibility index (Phi) is 2.86. The van der Waals surface area contributed by atoms with Crippen molar-refractivity contribution in [3.8, 4) is 0 Å². The summed E-state index contributed by atoms with van der Waals surface area (Å²) in [5.74, 6) is -0.321. The SMILES string of the molecule is CCOC(=O)c1cnc2ccc(C)cc2c1. The van der Waals surface area contributed by atoms with Crippen molar-refractivity contribution in [3.63, 3.8) is 0 Å². The first-order valence-electron chi connectivity index (χ1n) is 5.24. The predicted octanol–water partition coefficient (Wildman–Crippen LogP) is 2.72. The summed E-state index contributed by atoms with van der Waals surface area (Å²) in [5, 5.41) is 0.963. The molecule has 2 aromatic rings. The molecule has 0 aliphatic carbocycles. The standard InChI is InChI=1S/C13H13NO2/c1-3-16-13(15)11-7-10-6-9(2)4-5-12(10)14-8-11/h4-8H,3H2,1-2H3. The first-order chi connectivity index (χ1) is 7.70. The van der Waals surface area contributed by atoms with Gasteiger partial charge in [0.2, 0.25) is 0 Å². The molecule has 0 aliphatic heterocycles. The first kappa shape index (κ1) is 10.6. The van der Waals surface area contributed by atoms with E-state index in [1.54, 1.807) is 13.1 Å². The van der Waals surface area contributed by atoms with Crippen molar-refractivity contribution in [3.05, 3.63) is 41.6 Å². The molecule has 0 atom stereocenters. The second kappa shape index (κ2) is 4.31. The minimum Gasteiger partial charge on any atom is -0.462 e. The highest BCUT2D eigenvalue weighted by Gasteiger charge is 2.07. The Morgan fingerprint density at radius 3 is 2.94 bits per heavy atom. The maximum absolute atomic E-state index is 11.5. The molecule has 82 valence electrons. The van der Waals surface area contributed by atoms with Gasteiger partial charge in [0.1, 0.15) is 0 Å². The summed E-state index contributed by atoms with van der Waals surface area (Å²) in [5.41, 5.74) is 2.54. The van der Waals surface area contributed by atoms with Crippen molar-refractivity contribution in [2.75, 3.05) is 6.61 Å². The molecule has 0 bridgehead atoms. The maximum Gasteiger partial charge on any atom is 0.339 e. The predicted molar refractivity (Wildman–Crippen MR) is 62.4 cm³/mol. The number of pyridine rings is 1. The normalized spacial score (nSPS) is 10.4. The molecular weight excluding hydrogens is 202 g/mol. The molecule has 0 radical (unpaired) electrons. The summed E-state index contributed by atoms with van der Waals surface area (Å²) in [6.45, 7) is 4.18. The fraction of sp³-hybridized carbons (Fsp3) is 0.231. The Balaban J connectivity index is 2.46. The molecule has 3 heteroatoms. The summed E-state index contributed by atoms with van der Waals surface area (Å²) < 4.78 is 4.93. The van der Waals surface area contributed by atoms with Gasteiger partial charge in [-0.25, -0.2) is 4.79 Å². The number of esters is 1. The van der Waals surface area contributed by atoms with E-state index in [2.05, 4.69) is 4.98 Å². The number of hydrogen-bond acceptors (Lipinski definition) is 3. The van der Waals surface area contributed by atoms with Crippen molar-refractivity contribution in [1.29, 1.82) is 0 Å². The number of carbonyl (C=O) groups is 1. The molecule has 0 aliphatic rings. The van der Waals surface area contributed by atoms with Gasteiger partial charge in [0.25, 0.3) is 0 Å². The number of rotatable bonds is 2. The van der Waals surface area contributed by atoms with E-state index < -0.39 is 0 Å². The van der Waals surface area contributed by atoms with Gasteiger partial charge in [-0.3, -0.25) is 4.98 Å². The summed E-state index contributed by atoms with van der Waals surface area (Å²) >= 11 is 0. The zero-order valence-electron chi connectivity index (χ0n) is 9.36. The van der Waals surface area contributed by atoms with E-state index in [0.29, 0.717) is 12.2 Å². The lowest BCUT2D eigenvalue weighted by Gasteiger charge is -2.03. The third-order valence-corrected chi connectivity index (χ3v) is 2.35. The highest BCUT2D eigenvalue weighted by molar-refractivity contribution is 5.93. The topological polar surface area (TPSA) is 39.2 Å². The van der Waals surface area contributed by atoms with Gasteiger partial charge in [0, 0.05) is 11.6 Å². The number of aromatic nitrogens is 1. The average molecular weight is 215 g/mol. The van der Waals surface area contributed by atoms with Crippen LogP contribution in [0, 0.1) is 6.92 Å². The van der Waals surface area contributed by atoms with Crippen LogP contribution in [0.4, 0.5) is 0 Å². The maximum atomic E-state index is 11.5. The van der Waals surface area contributed by atoms with Crippen molar-refractivity contribution in [2.45, 2.75) is 13.8 Å². The summed E-state index contributed by atoms with van der Waals surface area (Å²) in [6.07, 6.45) is 1.55. The van der Waals surface area contributed by atoms with Crippen LogP contribution in [0.2, 0.25) is 0 Å². The molecule has 0 spiro atoms. The molecule has 0 saturated heterocycles. The third kappa shape index (κ3) is 2.03. The van der Waals surface area contributed by atoms with Crippen LogP contribution in [0.15, 0.2) is 30.5 Å². The Hall–Kier alpha value is -1.90. The van der Waals surface area contributed by atoms with Gasteiger partial charge in [-0.2, -0.15) is 0 Å². The number of ether oxygens (including phenoxy) is 1. The molecular formula is C13H13NO2. The lowest BCUT2D eigenvalue weighted by atomic mass is 10.1. The largest absolute Gasteiger partial charge is 0.462 e. The van der Waals surface area contributed by atoms with Crippen molar-refractivity contribution in [2.24, 2.45) is 0 Å². The molecule has 0 saturated carbocycles. The smallest absolute Gasteiger partial charge is 0.339 e. The molecule has 0 unspecified atom stereocenters. The Morgan fingerprint density at radius 1 is 1.38 bits per heavy atom. The fourth-order valence-electron chi connectivity index (χ4n) is 1.58. The molecule has 1 aromatic carbocycles. The van der Waals surface area contributed by atoms with Crippen molar-refractivity contribution in [1.82, 2.24) is 4.98 Å². The quantitative estimate of drug-likeness (QED) is 0.723. The molecule has 2 rings (SSSR count). The van der Waals surface area contributed by atoms with Crippen molar-refractivity contribution >= 4 is 16.9 Å². The number of fused-ring (bicyclic) bond motifs is 1. The zero-order chi connectivity index (χ0) is 11.5. The summed E-state index contributed by atoms with van der Waals surface area (Å²) in [6, 6.07) is 7.76. The molecule has 1 aromatic heterocycles. The van der Waals surface area contributed by atoms with Gasteiger partial charge in [0.05, 0.1) is 17.7 Å². The number of hydrogen-bond donors (Lipinski definition) is 0. The molecule has 0 amide bonds. The van der Waals surface area contributed by atoms with Crippen LogP contribution in [0.25, 0.3) is 10.9 Å². The number of benzene rings is 1. The molecule has 16 heavy (non-hydrogen) atoms. The van der Waals surface area contributed by atoms with Crippen LogP contribution in [0.3, 0.4) is 0 Å². The summed E-state index contributed by atoms with van der Waals surface area (Å²) in [4.78, 5) is 15.7. The highest BCUT2D eigenvalue weighted by atomic mass is 16.5. The minimum absolute atomic E-state index is 0.321. The second-order valence-corrected chi connectivity index (χ2v) is 3.64. The summed E-state index contributed by atoms with van der Waals surface area (Å²) in [7, 11) is 0. The van der Waals surface area contributed by atoms with E-state index in [0.717, 1.165) is 16.5 Å².